The monoisotopic (exact) mass is 528 g/mol. The summed E-state index contributed by atoms with van der Waals surface area (Å²) >= 11 is 0. The second-order valence-corrected chi connectivity index (χ2v) is 9.77. The lowest BCUT2D eigenvalue weighted by Gasteiger charge is -2.24. The van der Waals surface area contributed by atoms with Crippen molar-refractivity contribution in [2.75, 3.05) is 12.1 Å². The van der Waals surface area contributed by atoms with Crippen LogP contribution in [0, 0.1) is 6.92 Å². The quantitative estimate of drug-likeness (QED) is 0.248. The van der Waals surface area contributed by atoms with Crippen LogP contribution in [0.4, 0.5) is 5.69 Å². The second-order valence-electron chi connectivity index (χ2n) is 9.77. The highest BCUT2D eigenvalue weighted by atomic mass is 16.5. The van der Waals surface area contributed by atoms with Crippen LogP contribution in [-0.4, -0.2) is 33.7 Å². The van der Waals surface area contributed by atoms with Crippen molar-refractivity contribution in [3.05, 3.63) is 132 Å². The van der Waals surface area contributed by atoms with Gasteiger partial charge in [0.15, 0.2) is 0 Å². The fourth-order valence-electron chi connectivity index (χ4n) is 4.99. The van der Waals surface area contributed by atoms with E-state index in [0.29, 0.717) is 6.42 Å². The van der Waals surface area contributed by atoms with Crippen LogP contribution in [0.25, 0.3) is 16.9 Å². The number of methoxy groups -OCH3 is 1. The van der Waals surface area contributed by atoms with Gasteiger partial charge in [0.2, 0.25) is 0 Å². The topological polar surface area (TPSA) is 80.0 Å². The van der Waals surface area contributed by atoms with Crippen molar-refractivity contribution in [3.8, 4) is 22.7 Å². The summed E-state index contributed by atoms with van der Waals surface area (Å²) in [5.74, 6) is -0.177. The third-order valence-corrected chi connectivity index (χ3v) is 7.16. The number of para-hydroxylation sites is 1. The molecule has 0 spiro atoms. The summed E-state index contributed by atoms with van der Waals surface area (Å²) in [6.07, 6.45) is 2.73. The Kier molecular flexibility index (Phi) is 6.62. The Bertz CT molecular complexity index is 1670. The average molecular weight is 529 g/mol. The summed E-state index contributed by atoms with van der Waals surface area (Å²) in [5, 5.41) is 21.5. The Morgan fingerprint density at radius 1 is 0.850 bits per heavy atom. The van der Waals surface area contributed by atoms with Gasteiger partial charge in [0.1, 0.15) is 5.75 Å². The first-order valence-electron chi connectivity index (χ1n) is 13.1. The molecule has 1 unspecified atom stereocenters. The summed E-state index contributed by atoms with van der Waals surface area (Å²) in [4.78, 5) is 11.5. The van der Waals surface area contributed by atoms with E-state index in [2.05, 4.69) is 37.4 Å². The van der Waals surface area contributed by atoms with Gasteiger partial charge in [-0.2, -0.15) is 10.2 Å². The van der Waals surface area contributed by atoms with Crippen LogP contribution in [0.15, 0.2) is 114 Å². The number of carbonyl (C=O) groups is 1. The third kappa shape index (κ3) is 4.85. The van der Waals surface area contributed by atoms with Gasteiger partial charge in [0.05, 0.1) is 41.5 Å². The number of carboxylic acid groups (broad SMARTS) is 1. The number of rotatable bonds is 7. The maximum atomic E-state index is 11.5. The summed E-state index contributed by atoms with van der Waals surface area (Å²) in [7, 11) is 1.65. The summed E-state index contributed by atoms with van der Waals surface area (Å²) in [6, 6.07) is 33.0. The molecule has 5 aromatic rings. The van der Waals surface area contributed by atoms with E-state index in [1.165, 1.54) is 5.56 Å². The number of aromatic nitrogens is 2. The van der Waals surface area contributed by atoms with Crippen molar-refractivity contribution < 1.29 is 14.6 Å². The normalized spacial score (nSPS) is 14.7. The molecular weight excluding hydrogens is 500 g/mol. The zero-order chi connectivity index (χ0) is 27.6. The molecule has 0 fully saturated rings. The van der Waals surface area contributed by atoms with Gasteiger partial charge in [-0.25, -0.2) is 9.48 Å². The highest BCUT2D eigenvalue weighted by Gasteiger charge is 2.33. The minimum Gasteiger partial charge on any atom is -0.497 e. The molecule has 0 saturated carbocycles. The second kappa shape index (κ2) is 10.5. The van der Waals surface area contributed by atoms with Gasteiger partial charge >= 0.3 is 5.97 Å². The van der Waals surface area contributed by atoms with Gasteiger partial charge in [-0.15, -0.1) is 0 Å². The van der Waals surface area contributed by atoms with Crippen LogP contribution in [0.1, 0.15) is 39.5 Å². The predicted octanol–water partition coefficient (Wildman–Crippen LogP) is 6.91. The zero-order valence-corrected chi connectivity index (χ0v) is 22.2. The minimum atomic E-state index is -0.960. The van der Waals surface area contributed by atoms with Crippen molar-refractivity contribution in [1.82, 2.24) is 9.78 Å². The lowest BCUT2D eigenvalue weighted by atomic mass is 9.96. The highest BCUT2D eigenvalue weighted by Crippen LogP contribution is 2.41. The number of hydrazone groups is 1. The Hall–Kier alpha value is -5.17. The number of anilines is 1. The number of benzene rings is 4. The van der Waals surface area contributed by atoms with Crippen LogP contribution >= 0.6 is 0 Å². The lowest BCUT2D eigenvalue weighted by molar-refractivity contribution is 0.0697. The van der Waals surface area contributed by atoms with Gasteiger partial charge in [-0.05, 0) is 73.2 Å². The van der Waals surface area contributed by atoms with E-state index in [9.17, 15) is 9.90 Å². The molecule has 0 amide bonds. The van der Waals surface area contributed by atoms with E-state index in [1.807, 2.05) is 76.4 Å². The van der Waals surface area contributed by atoms with E-state index >= 15 is 0 Å². The molecule has 0 radical (unpaired) electrons. The van der Waals surface area contributed by atoms with Gasteiger partial charge in [0.25, 0.3) is 0 Å². The van der Waals surface area contributed by atoms with Crippen LogP contribution in [0.2, 0.25) is 0 Å². The van der Waals surface area contributed by atoms with Crippen LogP contribution in [0.5, 0.6) is 5.75 Å². The van der Waals surface area contributed by atoms with E-state index in [0.717, 1.165) is 45.2 Å². The molecule has 6 rings (SSSR count). The average Bonchev–Trinajstić information content (AvgIpc) is 3.64. The Morgan fingerprint density at radius 2 is 1.52 bits per heavy atom. The minimum absolute atomic E-state index is 0.165. The Labute approximate surface area is 232 Å². The Morgan fingerprint density at radius 3 is 2.17 bits per heavy atom. The molecule has 198 valence electrons. The van der Waals surface area contributed by atoms with E-state index in [-0.39, 0.29) is 11.6 Å². The molecular formula is C33H28N4O3. The molecule has 2 heterocycles. The highest BCUT2D eigenvalue weighted by molar-refractivity contribution is 6.03. The van der Waals surface area contributed by atoms with E-state index < -0.39 is 5.97 Å². The van der Waals surface area contributed by atoms with E-state index in [1.54, 1.807) is 19.2 Å². The smallest absolute Gasteiger partial charge is 0.335 e. The molecule has 7 heteroatoms. The van der Waals surface area contributed by atoms with Crippen LogP contribution in [0.3, 0.4) is 0 Å². The number of nitrogens with zero attached hydrogens (tertiary/aromatic N) is 4. The molecule has 1 aliphatic heterocycles. The first kappa shape index (κ1) is 25.1. The molecule has 1 atom stereocenters. The number of ether oxygens (including phenoxy) is 1. The molecule has 0 saturated heterocycles. The number of hydrogen-bond donors (Lipinski definition) is 1. The fraction of sp³-hybridized carbons (Fsp3) is 0.121. The van der Waals surface area contributed by atoms with Crippen molar-refractivity contribution in [1.29, 1.82) is 0 Å². The molecule has 0 bridgehead atoms. The third-order valence-electron chi connectivity index (χ3n) is 7.16. The van der Waals surface area contributed by atoms with Crippen molar-refractivity contribution >= 4 is 17.4 Å². The molecule has 7 nitrogen and oxygen atoms in total. The first-order chi connectivity index (χ1) is 19.5. The number of aromatic carboxylic acids is 1. The summed E-state index contributed by atoms with van der Waals surface area (Å²) in [5.41, 5.74) is 8.05. The van der Waals surface area contributed by atoms with Crippen LogP contribution < -0.4 is 9.75 Å². The molecule has 1 N–H and O–H groups in total. The molecule has 0 aliphatic carbocycles. The maximum absolute atomic E-state index is 11.5. The number of hydrogen-bond acceptors (Lipinski definition) is 5. The number of aryl methyl sites for hydroxylation is 1. The molecule has 1 aromatic heterocycles. The van der Waals surface area contributed by atoms with Crippen LogP contribution in [-0.2, 0) is 0 Å². The van der Waals surface area contributed by atoms with Gasteiger partial charge in [-0.1, -0.05) is 48.0 Å². The van der Waals surface area contributed by atoms with Gasteiger partial charge in [0, 0.05) is 23.7 Å². The summed E-state index contributed by atoms with van der Waals surface area (Å²) < 4.78 is 7.27. The predicted molar refractivity (Wildman–Crippen MR) is 157 cm³/mol. The standard InChI is InChI=1S/C33H28N4O3/c1-22-8-10-24(11-9-22)32-29(21-36(35-32)26-6-4-3-5-7-26)31-20-30(23-14-18-28(40-2)19-15-23)34-37(31)27-16-12-25(13-17-27)33(38)39/h3-19,21,31H,20H2,1-2H3,(H,38,39). The zero-order valence-electron chi connectivity index (χ0n) is 22.2. The molecule has 1 aliphatic rings. The van der Waals surface area contributed by atoms with Gasteiger partial charge in [-0.3, -0.25) is 5.01 Å². The van der Waals surface area contributed by atoms with Crippen molar-refractivity contribution in [2.24, 2.45) is 5.10 Å². The van der Waals surface area contributed by atoms with Crippen molar-refractivity contribution in [3.63, 3.8) is 0 Å². The van der Waals surface area contributed by atoms with Gasteiger partial charge < -0.3 is 9.84 Å². The fourth-order valence-corrected chi connectivity index (χ4v) is 4.99. The summed E-state index contributed by atoms with van der Waals surface area (Å²) in [6.45, 7) is 2.07. The van der Waals surface area contributed by atoms with Crippen molar-refractivity contribution in [2.45, 2.75) is 19.4 Å². The number of carboxylic acids is 1. The maximum Gasteiger partial charge on any atom is 0.335 e. The molecule has 40 heavy (non-hydrogen) atoms. The lowest BCUT2D eigenvalue weighted by Crippen LogP contribution is -2.19. The SMILES string of the molecule is COc1ccc(C2=NN(c3ccc(C(=O)O)cc3)C(c3cn(-c4ccccc4)nc3-c3ccc(C)cc3)C2)cc1. The first-order valence-corrected chi connectivity index (χ1v) is 13.1. The Balaban J connectivity index is 1.48. The van der Waals surface area contributed by atoms with E-state index in [4.69, 9.17) is 14.9 Å². The molecule has 4 aromatic carbocycles. The largest absolute Gasteiger partial charge is 0.497 e.